The molecule has 1 fully saturated rings. The monoisotopic (exact) mass is 341 g/mol. The number of pyridine rings is 1. The number of halogens is 1. The summed E-state index contributed by atoms with van der Waals surface area (Å²) in [6.45, 7) is 2.65. The van der Waals surface area contributed by atoms with Crippen LogP contribution in [-0.2, 0) is 9.59 Å². The molecule has 1 amide bonds. The van der Waals surface area contributed by atoms with Crippen LogP contribution in [0.25, 0.3) is 0 Å². The van der Waals surface area contributed by atoms with Gasteiger partial charge in [-0.15, -0.1) is 0 Å². The topological polar surface area (TPSA) is 73.7 Å². The van der Waals surface area contributed by atoms with Crippen molar-refractivity contribution in [1.82, 2.24) is 9.88 Å². The molecule has 0 bridgehead atoms. The summed E-state index contributed by atoms with van der Waals surface area (Å²) in [5, 5.41) is 8.58. The summed E-state index contributed by atoms with van der Waals surface area (Å²) in [7, 11) is 0. The van der Waals surface area contributed by atoms with Crippen molar-refractivity contribution in [3.63, 3.8) is 0 Å². The first-order valence-corrected chi connectivity index (χ1v) is 7.21. The number of nitrogens with zero attached hydrogens (tertiary/aromatic N) is 3. The molecule has 1 saturated heterocycles. The molecule has 0 radical (unpaired) electrons. The molecule has 1 aromatic heterocycles. The number of piperazine rings is 1. The van der Waals surface area contributed by atoms with Crippen molar-refractivity contribution < 1.29 is 14.7 Å². The van der Waals surface area contributed by atoms with Gasteiger partial charge in [-0.2, -0.15) is 0 Å². The summed E-state index contributed by atoms with van der Waals surface area (Å²) < 4.78 is 0.934. The van der Waals surface area contributed by atoms with Gasteiger partial charge in [0.05, 0.1) is 6.42 Å². The molecule has 0 atom stereocenters. The predicted octanol–water partition coefficient (Wildman–Crippen LogP) is 1.36. The fourth-order valence-corrected chi connectivity index (χ4v) is 2.35. The Morgan fingerprint density at radius 1 is 1.20 bits per heavy atom. The first-order chi connectivity index (χ1) is 9.56. The highest BCUT2D eigenvalue weighted by Gasteiger charge is 2.21. The Hall–Kier alpha value is -1.63. The number of carboxylic acid groups (broad SMARTS) is 1. The van der Waals surface area contributed by atoms with E-state index in [2.05, 4.69) is 25.8 Å². The van der Waals surface area contributed by atoms with Crippen molar-refractivity contribution in [2.75, 3.05) is 31.1 Å². The lowest BCUT2D eigenvalue weighted by Crippen LogP contribution is -2.49. The maximum atomic E-state index is 11.8. The molecular formula is C13H16BrN3O3. The van der Waals surface area contributed by atoms with Crippen LogP contribution in [-0.4, -0.2) is 53.0 Å². The van der Waals surface area contributed by atoms with Crippen molar-refractivity contribution in [3.8, 4) is 0 Å². The lowest BCUT2D eigenvalue weighted by atomic mass is 10.2. The van der Waals surface area contributed by atoms with E-state index in [1.165, 1.54) is 0 Å². The Bertz CT molecular complexity index is 484. The number of hydrogen-bond donors (Lipinski definition) is 1. The molecule has 2 rings (SSSR count). The molecule has 1 aliphatic rings. The van der Waals surface area contributed by atoms with Crippen molar-refractivity contribution in [2.45, 2.75) is 12.8 Å². The maximum Gasteiger partial charge on any atom is 0.303 e. The average molecular weight is 342 g/mol. The Labute approximate surface area is 125 Å². The SMILES string of the molecule is O=C(O)CCC(=O)N1CCN(c2ccc(Br)cn2)CC1. The minimum atomic E-state index is -0.934. The number of aliphatic carboxylic acids is 1. The molecule has 0 spiro atoms. The lowest BCUT2D eigenvalue weighted by molar-refractivity contribution is -0.141. The third kappa shape index (κ3) is 3.93. The molecule has 1 aliphatic heterocycles. The predicted molar refractivity (Wildman–Crippen MR) is 77.6 cm³/mol. The Kier molecular flexibility index (Phi) is 4.94. The third-order valence-electron chi connectivity index (χ3n) is 3.22. The number of carboxylic acids is 1. The number of carbonyl (C=O) groups is 2. The van der Waals surface area contributed by atoms with Gasteiger partial charge in [-0.25, -0.2) is 4.98 Å². The summed E-state index contributed by atoms with van der Waals surface area (Å²) in [5.41, 5.74) is 0. The number of rotatable bonds is 4. The van der Waals surface area contributed by atoms with Gasteiger partial charge >= 0.3 is 5.97 Å². The van der Waals surface area contributed by atoms with Crippen molar-refractivity contribution in [3.05, 3.63) is 22.8 Å². The number of aromatic nitrogens is 1. The zero-order valence-corrected chi connectivity index (χ0v) is 12.5. The van der Waals surface area contributed by atoms with Gasteiger partial charge < -0.3 is 14.9 Å². The van der Waals surface area contributed by atoms with Crippen molar-refractivity contribution in [1.29, 1.82) is 0 Å². The van der Waals surface area contributed by atoms with E-state index in [0.29, 0.717) is 26.2 Å². The zero-order valence-electron chi connectivity index (χ0n) is 11.0. The van der Waals surface area contributed by atoms with E-state index in [9.17, 15) is 9.59 Å². The molecule has 1 N–H and O–H groups in total. The maximum absolute atomic E-state index is 11.8. The van der Waals surface area contributed by atoms with Crippen LogP contribution >= 0.6 is 15.9 Å². The van der Waals surface area contributed by atoms with Crippen LogP contribution in [0.15, 0.2) is 22.8 Å². The molecule has 0 unspecified atom stereocenters. The van der Waals surface area contributed by atoms with E-state index >= 15 is 0 Å². The Morgan fingerprint density at radius 3 is 2.45 bits per heavy atom. The van der Waals surface area contributed by atoms with Crippen LogP contribution in [0.5, 0.6) is 0 Å². The Balaban J connectivity index is 1.84. The smallest absolute Gasteiger partial charge is 0.303 e. The van der Waals surface area contributed by atoms with Gasteiger partial charge in [0.25, 0.3) is 0 Å². The second-order valence-electron chi connectivity index (χ2n) is 4.60. The first kappa shape index (κ1) is 14.8. The number of anilines is 1. The summed E-state index contributed by atoms with van der Waals surface area (Å²) in [6.07, 6.45) is 1.72. The van der Waals surface area contributed by atoms with Gasteiger partial charge in [0.1, 0.15) is 5.82 Å². The number of hydrogen-bond acceptors (Lipinski definition) is 4. The summed E-state index contributed by atoms with van der Waals surface area (Å²) >= 11 is 3.35. The second kappa shape index (κ2) is 6.69. The first-order valence-electron chi connectivity index (χ1n) is 6.42. The van der Waals surface area contributed by atoms with Crippen LogP contribution < -0.4 is 4.90 Å². The van der Waals surface area contributed by atoms with Gasteiger partial charge in [0.15, 0.2) is 0 Å². The van der Waals surface area contributed by atoms with Crippen LogP contribution in [0, 0.1) is 0 Å². The van der Waals surface area contributed by atoms with E-state index in [1.54, 1.807) is 11.1 Å². The van der Waals surface area contributed by atoms with Gasteiger partial charge in [0, 0.05) is 43.3 Å². The minimum Gasteiger partial charge on any atom is -0.481 e. The van der Waals surface area contributed by atoms with Gasteiger partial charge in [-0.1, -0.05) is 0 Å². The van der Waals surface area contributed by atoms with E-state index in [4.69, 9.17) is 5.11 Å². The molecule has 108 valence electrons. The minimum absolute atomic E-state index is 0.0753. The van der Waals surface area contributed by atoms with Gasteiger partial charge in [0.2, 0.25) is 5.91 Å². The molecule has 0 saturated carbocycles. The fraction of sp³-hybridized carbons (Fsp3) is 0.462. The van der Waals surface area contributed by atoms with Crippen molar-refractivity contribution >= 4 is 33.6 Å². The average Bonchev–Trinajstić information content (AvgIpc) is 2.46. The van der Waals surface area contributed by atoms with Crippen LogP contribution in [0.2, 0.25) is 0 Å². The van der Waals surface area contributed by atoms with E-state index in [1.807, 2.05) is 12.1 Å². The normalized spacial score (nSPS) is 15.2. The molecular weight excluding hydrogens is 326 g/mol. The molecule has 1 aromatic rings. The largest absolute Gasteiger partial charge is 0.481 e. The van der Waals surface area contributed by atoms with Crippen LogP contribution in [0.3, 0.4) is 0 Å². The number of carbonyl (C=O) groups excluding carboxylic acids is 1. The summed E-state index contributed by atoms with van der Waals surface area (Å²) in [6, 6.07) is 3.87. The molecule has 7 heteroatoms. The fourth-order valence-electron chi connectivity index (χ4n) is 2.11. The zero-order chi connectivity index (χ0) is 14.5. The lowest BCUT2D eigenvalue weighted by Gasteiger charge is -2.35. The van der Waals surface area contributed by atoms with Gasteiger partial charge in [-0.3, -0.25) is 9.59 Å². The molecule has 0 aliphatic carbocycles. The van der Waals surface area contributed by atoms with E-state index in [0.717, 1.165) is 10.3 Å². The summed E-state index contributed by atoms with van der Waals surface area (Å²) in [4.78, 5) is 30.4. The number of amides is 1. The highest BCUT2D eigenvalue weighted by molar-refractivity contribution is 9.10. The van der Waals surface area contributed by atoms with E-state index in [-0.39, 0.29) is 18.7 Å². The molecule has 6 nitrogen and oxygen atoms in total. The standard InChI is InChI=1S/C13H16BrN3O3/c14-10-1-2-11(15-9-10)16-5-7-17(8-6-16)12(18)3-4-13(19)20/h1-2,9H,3-8H2,(H,19,20). The molecule has 0 aromatic carbocycles. The molecule has 20 heavy (non-hydrogen) atoms. The van der Waals surface area contributed by atoms with E-state index < -0.39 is 5.97 Å². The highest BCUT2D eigenvalue weighted by Crippen LogP contribution is 2.16. The van der Waals surface area contributed by atoms with Crippen LogP contribution in [0.1, 0.15) is 12.8 Å². The summed E-state index contributed by atoms with van der Waals surface area (Å²) in [5.74, 6) is -0.127. The van der Waals surface area contributed by atoms with Gasteiger partial charge in [-0.05, 0) is 28.1 Å². The third-order valence-corrected chi connectivity index (χ3v) is 3.69. The second-order valence-corrected chi connectivity index (χ2v) is 5.51. The Morgan fingerprint density at radius 2 is 1.90 bits per heavy atom. The highest BCUT2D eigenvalue weighted by atomic mass is 79.9. The molecule has 2 heterocycles. The van der Waals surface area contributed by atoms with Crippen molar-refractivity contribution in [2.24, 2.45) is 0 Å². The quantitative estimate of drug-likeness (QED) is 0.894. The van der Waals surface area contributed by atoms with Crippen LogP contribution in [0.4, 0.5) is 5.82 Å².